The molecule has 0 fully saturated rings. The van der Waals surface area contributed by atoms with Crippen LogP contribution in [0.15, 0.2) is 68.6 Å². The number of carbonyl (C=O) groups excluding carboxylic acids is 1. The van der Waals surface area contributed by atoms with Crippen LogP contribution in [0.2, 0.25) is 0 Å². The Balaban J connectivity index is 0.000000251. The van der Waals surface area contributed by atoms with Crippen LogP contribution in [0.25, 0.3) is 54.3 Å². The minimum atomic E-state index is -0.337. The van der Waals surface area contributed by atoms with Crippen molar-refractivity contribution in [1.82, 2.24) is 4.98 Å². The number of aromatic nitrogens is 1. The topological polar surface area (TPSA) is 76.5 Å². The van der Waals surface area contributed by atoms with Gasteiger partial charge in [0, 0.05) is 65.1 Å². The molecule has 0 atom stereocenters. The van der Waals surface area contributed by atoms with E-state index in [4.69, 9.17) is 13.8 Å². The molecule has 0 aliphatic heterocycles. The predicted molar refractivity (Wildman–Crippen MR) is 197 cm³/mol. The second kappa shape index (κ2) is 14.3. The van der Waals surface area contributed by atoms with Crippen LogP contribution in [-0.2, 0) is 30.3 Å². The molecule has 0 spiro atoms. The molecular weight excluding hydrogens is 795 g/mol. The number of fused-ring (bicyclic) bond motifs is 5. The van der Waals surface area contributed by atoms with E-state index in [9.17, 15) is 9.90 Å². The molecule has 7 heteroatoms. The first-order valence-electron chi connectivity index (χ1n) is 16.8. The van der Waals surface area contributed by atoms with E-state index in [0.29, 0.717) is 0 Å². The first-order chi connectivity index (χ1) is 22.2. The van der Waals surface area contributed by atoms with Crippen molar-refractivity contribution in [3.63, 3.8) is 0 Å². The molecule has 6 aromatic rings. The SMILES string of the molecule is CCC(C)(CC)C(=O)/C=C(\O)C(C)(CC)CC.Cc1cc2cc3oc4ccnc(-c5[c-]c6ccsc6c(C(C)(C)C)c5)c4c3cc2o1.[Ir]. The van der Waals surface area contributed by atoms with Gasteiger partial charge in [0.2, 0.25) is 0 Å². The molecule has 5 nitrogen and oxygen atoms in total. The number of pyridine rings is 1. The van der Waals surface area contributed by atoms with Gasteiger partial charge in [-0.2, -0.15) is 11.3 Å². The van der Waals surface area contributed by atoms with Crippen LogP contribution < -0.4 is 0 Å². The molecule has 2 aromatic carbocycles. The summed E-state index contributed by atoms with van der Waals surface area (Å²) in [7, 11) is 0. The third-order valence-electron chi connectivity index (χ3n) is 10.3. The average Bonchev–Trinajstić information content (AvgIpc) is 3.77. The zero-order valence-corrected chi connectivity index (χ0v) is 33.1. The largest absolute Gasteiger partial charge is 0.512 e. The van der Waals surface area contributed by atoms with Crippen LogP contribution in [-0.4, -0.2) is 15.9 Å². The maximum absolute atomic E-state index is 12.2. The fourth-order valence-corrected chi connectivity index (χ4v) is 7.04. The maximum Gasteiger partial charge on any atom is 0.164 e. The minimum Gasteiger partial charge on any atom is -0.512 e. The molecule has 0 aliphatic rings. The van der Waals surface area contributed by atoms with E-state index in [1.807, 2.05) is 66.8 Å². The fraction of sp³-hybridized carbons (Fsp3) is 0.415. The van der Waals surface area contributed by atoms with E-state index in [0.717, 1.165) is 81.0 Å². The summed E-state index contributed by atoms with van der Waals surface area (Å²) in [6.07, 6.45) is 6.57. The molecule has 4 heterocycles. The Kier molecular flexibility index (Phi) is 11.2. The van der Waals surface area contributed by atoms with E-state index in [1.54, 1.807) is 11.3 Å². The molecule has 0 saturated heterocycles. The number of nitrogens with zero attached hydrogens (tertiary/aromatic N) is 1. The quantitative estimate of drug-likeness (QED) is 0.0938. The molecule has 0 unspecified atom stereocenters. The second-order valence-corrected chi connectivity index (χ2v) is 15.2. The molecule has 1 N–H and O–H groups in total. The average molecular weight is 843 g/mol. The van der Waals surface area contributed by atoms with E-state index >= 15 is 0 Å². The van der Waals surface area contributed by atoms with E-state index in [2.05, 4.69) is 56.5 Å². The molecular formula is C41H48IrNO4S-. The van der Waals surface area contributed by atoms with Gasteiger partial charge in [0.1, 0.15) is 28.3 Å². The Morgan fingerprint density at radius 1 is 0.896 bits per heavy atom. The van der Waals surface area contributed by atoms with Gasteiger partial charge in [-0.15, -0.1) is 23.6 Å². The van der Waals surface area contributed by atoms with E-state index in [-0.39, 0.29) is 47.9 Å². The van der Waals surface area contributed by atoms with Gasteiger partial charge in [-0.1, -0.05) is 73.4 Å². The van der Waals surface area contributed by atoms with Gasteiger partial charge < -0.3 is 13.9 Å². The number of carbonyl (C=O) groups is 1. The Morgan fingerprint density at radius 3 is 2.19 bits per heavy atom. The van der Waals surface area contributed by atoms with Gasteiger partial charge in [0.25, 0.3) is 0 Å². The summed E-state index contributed by atoms with van der Waals surface area (Å²) in [4.78, 5) is 17.0. The molecule has 0 bridgehead atoms. The van der Waals surface area contributed by atoms with Crippen molar-refractivity contribution in [3.05, 3.63) is 77.2 Å². The van der Waals surface area contributed by atoms with Gasteiger partial charge in [-0.25, -0.2) is 0 Å². The van der Waals surface area contributed by atoms with Crippen LogP contribution in [0.5, 0.6) is 0 Å². The first kappa shape index (κ1) is 37.6. The molecule has 0 amide bonds. The normalized spacial score (nSPS) is 12.8. The number of hydrogen-bond acceptors (Lipinski definition) is 6. The van der Waals surface area contributed by atoms with Gasteiger partial charge in [0.05, 0.1) is 0 Å². The Morgan fingerprint density at radius 2 is 1.56 bits per heavy atom. The Labute approximate surface area is 302 Å². The molecule has 1 radical (unpaired) electrons. The standard InChI is InChI=1S/C26H20NO2S.C15H28O2.Ir/c1-14-9-16-12-22-18(13-21(16)28-14)23-20(29-22)5-7-27-24(23)17-10-15-6-8-30-25(15)19(11-17)26(2,3)4;1-7-14(5,8-2)12(16)11-13(17)15(6,9-3)10-4;/h5-9,11-13H,1-4H3;11,16H,7-10H2,1-6H3;/q-1;;/b;12-11-;. The third-order valence-corrected chi connectivity index (χ3v) is 11.2. The van der Waals surface area contributed by atoms with Gasteiger partial charge in [0.15, 0.2) is 5.78 Å². The number of furan rings is 2. The summed E-state index contributed by atoms with van der Waals surface area (Å²) in [5.74, 6) is 1.18. The summed E-state index contributed by atoms with van der Waals surface area (Å²) in [5, 5.41) is 16.5. The molecule has 6 rings (SSSR count). The maximum atomic E-state index is 12.2. The third kappa shape index (κ3) is 7.06. The number of aliphatic hydroxyl groups excluding tert-OH is 1. The second-order valence-electron chi connectivity index (χ2n) is 14.3. The number of allylic oxidation sites excluding steroid dienone is 2. The Bertz CT molecular complexity index is 2100. The van der Waals surface area contributed by atoms with Crippen molar-refractivity contribution in [2.45, 2.75) is 100 Å². The first-order valence-corrected chi connectivity index (χ1v) is 17.7. The zero-order valence-electron chi connectivity index (χ0n) is 29.9. The van der Waals surface area contributed by atoms with E-state index < -0.39 is 0 Å². The van der Waals surface area contributed by atoms with E-state index in [1.165, 1.54) is 16.3 Å². The minimum absolute atomic E-state index is 0. The van der Waals surface area contributed by atoms with Crippen LogP contribution in [0.3, 0.4) is 0 Å². The van der Waals surface area contributed by atoms with Crippen molar-refractivity contribution in [3.8, 4) is 11.3 Å². The molecule has 48 heavy (non-hydrogen) atoms. The number of ketones is 1. The number of rotatable bonds is 8. The van der Waals surface area contributed by atoms with Gasteiger partial charge in [-0.3, -0.25) is 9.78 Å². The molecule has 0 aliphatic carbocycles. The van der Waals surface area contributed by atoms with Crippen LogP contribution >= 0.6 is 11.3 Å². The number of hydrogen-bond donors (Lipinski definition) is 1. The smallest absolute Gasteiger partial charge is 0.164 e. The predicted octanol–water partition coefficient (Wildman–Crippen LogP) is 12.7. The summed E-state index contributed by atoms with van der Waals surface area (Å²) in [5.41, 5.74) is 5.17. The van der Waals surface area contributed by atoms with Crippen molar-refractivity contribution in [2.24, 2.45) is 10.8 Å². The number of aryl methyl sites for hydroxylation is 1. The van der Waals surface area contributed by atoms with Gasteiger partial charge >= 0.3 is 0 Å². The van der Waals surface area contributed by atoms with Gasteiger partial charge in [-0.05, 0) is 72.4 Å². The summed E-state index contributed by atoms with van der Waals surface area (Å²) in [6.45, 7) is 20.8. The summed E-state index contributed by atoms with van der Waals surface area (Å²) in [6, 6.07) is 16.1. The molecule has 257 valence electrons. The van der Waals surface area contributed by atoms with Crippen LogP contribution in [0.1, 0.15) is 99.3 Å². The van der Waals surface area contributed by atoms with Crippen LogP contribution in [0, 0.1) is 23.8 Å². The van der Waals surface area contributed by atoms with Crippen LogP contribution in [0.4, 0.5) is 0 Å². The van der Waals surface area contributed by atoms with Crippen molar-refractivity contribution in [2.75, 3.05) is 0 Å². The summed E-state index contributed by atoms with van der Waals surface area (Å²) >= 11 is 1.77. The van der Waals surface area contributed by atoms with Crippen molar-refractivity contribution >= 4 is 60.1 Å². The number of benzene rings is 2. The van der Waals surface area contributed by atoms with Crippen molar-refractivity contribution in [1.29, 1.82) is 0 Å². The molecule has 4 aromatic heterocycles. The van der Waals surface area contributed by atoms with Crippen molar-refractivity contribution < 1.29 is 38.8 Å². The zero-order chi connectivity index (χ0) is 34.3. The molecule has 0 saturated carbocycles. The fourth-order valence-electron chi connectivity index (χ4n) is 5.97. The number of aliphatic hydroxyl groups is 1. The number of thiophene rings is 1. The summed E-state index contributed by atoms with van der Waals surface area (Å²) < 4.78 is 13.4. The monoisotopic (exact) mass is 843 g/mol. The Hall–Kier alpha value is -3.25.